The number of methoxy groups -OCH3 is 1. The number of pyridine rings is 1. The highest BCUT2D eigenvalue weighted by molar-refractivity contribution is 6.29. The maximum atomic E-state index is 10.7. The highest BCUT2D eigenvalue weighted by Gasteiger charge is 2.14. The van der Waals surface area contributed by atoms with Gasteiger partial charge in [0.05, 0.1) is 4.92 Å². The summed E-state index contributed by atoms with van der Waals surface area (Å²) in [6, 6.07) is 2.72. The molecule has 0 atom stereocenters. The number of aromatic nitrogens is 1. The molecule has 0 bridgehead atoms. The van der Waals surface area contributed by atoms with Crippen molar-refractivity contribution in [3.63, 3.8) is 0 Å². The maximum Gasteiger partial charge on any atom is 0.311 e. The van der Waals surface area contributed by atoms with E-state index in [-0.39, 0.29) is 16.7 Å². The van der Waals surface area contributed by atoms with Crippen molar-refractivity contribution in [1.82, 2.24) is 4.98 Å². The number of nitro groups is 1. The van der Waals surface area contributed by atoms with Crippen molar-refractivity contribution in [1.29, 1.82) is 0 Å². The van der Waals surface area contributed by atoms with Crippen LogP contribution in [-0.4, -0.2) is 30.2 Å². The van der Waals surface area contributed by atoms with E-state index in [1.165, 1.54) is 12.1 Å². The monoisotopic (exact) mass is 245 g/mol. The van der Waals surface area contributed by atoms with Gasteiger partial charge in [0.25, 0.3) is 0 Å². The van der Waals surface area contributed by atoms with Crippen LogP contribution in [0.2, 0.25) is 5.15 Å². The van der Waals surface area contributed by atoms with Gasteiger partial charge >= 0.3 is 5.69 Å². The summed E-state index contributed by atoms with van der Waals surface area (Å²) in [6.07, 6.45) is 0.738. The zero-order chi connectivity index (χ0) is 12.0. The Morgan fingerprint density at radius 1 is 1.62 bits per heavy atom. The SMILES string of the molecule is COCCCNc1nc(Cl)ccc1[N+](=O)[O-]. The van der Waals surface area contributed by atoms with Crippen LogP contribution in [0.4, 0.5) is 11.5 Å². The topological polar surface area (TPSA) is 77.3 Å². The molecule has 1 rings (SSSR count). The van der Waals surface area contributed by atoms with E-state index < -0.39 is 4.92 Å². The van der Waals surface area contributed by atoms with E-state index in [0.717, 1.165) is 6.42 Å². The molecule has 6 nitrogen and oxygen atoms in total. The van der Waals surface area contributed by atoms with E-state index >= 15 is 0 Å². The minimum absolute atomic E-state index is 0.0817. The van der Waals surface area contributed by atoms with Gasteiger partial charge in [-0.05, 0) is 12.5 Å². The Kier molecular flexibility index (Phi) is 4.94. The average molecular weight is 246 g/mol. The molecule has 88 valence electrons. The largest absolute Gasteiger partial charge is 0.385 e. The fraction of sp³-hybridized carbons (Fsp3) is 0.444. The van der Waals surface area contributed by atoms with Crippen molar-refractivity contribution in [3.8, 4) is 0 Å². The second kappa shape index (κ2) is 6.24. The molecule has 0 saturated heterocycles. The van der Waals surface area contributed by atoms with Gasteiger partial charge in [-0.2, -0.15) is 0 Å². The predicted molar refractivity (Wildman–Crippen MR) is 60.9 cm³/mol. The first-order chi connectivity index (χ1) is 7.65. The van der Waals surface area contributed by atoms with Crippen LogP contribution >= 0.6 is 11.6 Å². The zero-order valence-corrected chi connectivity index (χ0v) is 9.53. The zero-order valence-electron chi connectivity index (χ0n) is 8.77. The van der Waals surface area contributed by atoms with Crippen LogP contribution in [-0.2, 0) is 4.74 Å². The van der Waals surface area contributed by atoms with Crippen molar-refractivity contribution >= 4 is 23.1 Å². The first-order valence-corrected chi connectivity index (χ1v) is 5.06. The third kappa shape index (κ3) is 3.63. The lowest BCUT2D eigenvalue weighted by Crippen LogP contribution is -2.08. The number of halogens is 1. The summed E-state index contributed by atoms with van der Waals surface area (Å²) in [5.41, 5.74) is -0.0817. The van der Waals surface area contributed by atoms with E-state index in [1.54, 1.807) is 7.11 Å². The molecular formula is C9H12ClN3O3. The molecule has 0 amide bonds. The van der Waals surface area contributed by atoms with E-state index in [9.17, 15) is 10.1 Å². The molecular weight excluding hydrogens is 234 g/mol. The first kappa shape index (κ1) is 12.7. The lowest BCUT2D eigenvalue weighted by molar-refractivity contribution is -0.384. The second-order valence-electron chi connectivity index (χ2n) is 3.03. The molecule has 0 aliphatic carbocycles. The Morgan fingerprint density at radius 3 is 3.00 bits per heavy atom. The van der Waals surface area contributed by atoms with Gasteiger partial charge in [-0.1, -0.05) is 11.6 Å². The number of nitrogens with one attached hydrogen (secondary N) is 1. The lowest BCUT2D eigenvalue weighted by Gasteiger charge is -2.05. The summed E-state index contributed by atoms with van der Waals surface area (Å²) in [6.45, 7) is 1.13. The number of nitrogens with zero attached hydrogens (tertiary/aromatic N) is 2. The van der Waals surface area contributed by atoms with Crippen molar-refractivity contribution in [2.45, 2.75) is 6.42 Å². The van der Waals surface area contributed by atoms with Gasteiger partial charge in [-0.3, -0.25) is 10.1 Å². The third-order valence-corrected chi connectivity index (χ3v) is 2.06. The summed E-state index contributed by atoms with van der Waals surface area (Å²) >= 11 is 5.66. The summed E-state index contributed by atoms with van der Waals surface area (Å²) in [7, 11) is 1.60. The number of hydrogen-bond acceptors (Lipinski definition) is 5. The molecule has 7 heteroatoms. The molecule has 1 aromatic heterocycles. The Labute approximate surface area is 97.7 Å². The highest BCUT2D eigenvalue weighted by atomic mass is 35.5. The molecule has 0 fully saturated rings. The van der Waals surface area contributed by atoms with Crippen molar-refractivity contribution in [2.24, 2.45) is 0 Å². The molecule has 16 heavy (non-hydrogen) atoms. The summed E-state index contributed by atoms with van der Waals surface area (Å²) in [4.78, 5) is 14.0. The Hall–Kier alpha value is -1.40. The van der Waals surface area contributed by atoms with Gasteiger partial charge in [0, 0.05) is 26.3 Å². The van der Waals surface area contributed by atoms with Crippen LogP contribution in [0, 0.1) is 10.1 Å². The van der Waals surface area contributed by atoms with Crippen molar-refractivity contribution < 1.29 is 9.66 Å². The molecule has 0 aliphatic heterocycles. The maximum absolute atomic E-state index is 10.7. The Balaban J connectivity index is 2.68. The number of rotatable bonds is 6. The molecule has 0 radical (unpaired) electrons. The van der Waals surface area contributed by atoms with E-state index in [4.69, 9.17) is 16.3 Å². The Bertz CT molecular complexity index is 373. The fourth-order valence-electron chi connectivity index (χ4n) is 1.13. The summed E-state index contributed by atoms with van der Waals surface area (Å²) < 4.78 is 4.86. The number of hydrogen-bond donors (Lipinski definition) is 1. The van der Waals surface area contributed by atoms with Gasteiger partial charge in [0.15, 0.2) is 0 Å². The van der Waals surface area contributed by atoms with Crippen LogP contribution in [0.15, 0.2) is 12.1 Å². The predicted octanol–water partition coefficient (Wildman–Crippen LogP) is 2.09. The minimum atomic E-state index is -0.498. The Morgan fingerprint density at radius 2 is 2.38 bits per heavy atom. The summed E-state index contributed by atoms with van der Waals surface area (Å²) in [5, 5.41) is 13.8. The summed E-state index contributed by atoms with van der Waals surface area (Å²) in [5.74, 6) is 0.189. The number of ether oxygens (including phenoxy) is 1. The highest BCUT2D eigenvalue weighted by Crippen LogP contribution is 2.23. The molecule has 0 aromatic carbocycles. The molecule has 0 unspecified atom stereocenters. The van der Waals surface area contributed by atoms with E-state index in [2.05, 4.69) is 10.3 Å². The normalized spacial score (nSPS) is 10.1. The fourth-order valence-corrected chi connectivity index (χ4v) is 1.28. The molecule has 0 spiro atoms. The molecule has 1 aromatic rings. The average Bonchev–Trinajstić information content (AvgIpc) is 2.24. The molecule has 0 aliphatic rings. The smallest absolute Gasteiger partial charge is 0.311 e. The standard InChI is InChI=1S/C9H12ClN3O3/c1-16-6-2-5-11-9-7(13(14)15)3-4-8(10)12-9/h3-4H,2,5-6H2,1H3,(H,11,12). The van der Waals surface area contributed by atoms with Crippen LogP contribution in [0.5, 0.6) is 0 Å². The molecule has 0 saturated carbocycles. The van der Waals surface area contributed by atoms with Crippen molar-refractivity contribution in [2.75, 3.05) is 25.6 Å². The minimum Gasteiger partial charge on any atom is -0.385 e. The molecule has 1 heterocycles. The van der Waals surface area contributed by atoms with Gasteiger partial charge in [0.1, 0.15) is 5.15 Å². The lowest BCUT2D eigenvalue weighted by atomic mass is 10.3. The van der Waals surface area contributed by atoms with Gasteiger partial charge in [0.2, 0.25) is 5.82 Å². The molecule has 1 N–H and O–H groups in total. The van der Waals surface area contributed by atoms with Gasteiger partial charge < -0.3 is 10.1 Å². The first-order valence-electron chi connectivity index (χ1n) is 4.69. The second-order valence-corrected chi connectivity index (χ2v) is 3.42. The van der Waals surface area contributed by atoms with Gasteiger partial charge in [-0.15, -0.1) is 0 Å². The van der Waals surface area contributed by atoms with Crippen LogP contribution in [0.3, 0.4) is 0 Å². The number of anilines is 1. The third-order valence-electron chi connectivity index (χ3n) is 1.85. The van der Waals surface area contributed by atoms with Gasteiger partial charge in [-0.25, -0.2) is 4.98 Å². The van der Waals surface area contributed by atoms with Crippen molar-refractivity contribution in [3.05, 3.63) is 27.4 Å². The van der Waals surface area contributed by atoms with E-state index in [1.807, 2.05) is 0 Å². The van der Waals surface area contributed by atoms with Crippen LogP contribution in [0.1, 0.15) is 6.42 Å². The quantitative estimate of drug-likeness (QED) is 0.359. The van der Waals surface area contributed by atoms with Crippen LogP contribution in [0.25, 0.3) is 0 Å². The van der Waals surface area contributed by atoms with Crippen LogP contribution < -0.4 is 5.32 Å². The van der Waals surface area contributed by atoms with E-state index in [0.29, 0.717) is 13.2 Å².